The molecule has 0 radical (unpaired) electrons. The quantitative estimate of drug-likeness (QED) is 0.926. The van der Waals surface area contributed by atoms with Gasteiger partial charge in [-0.3, -0.25) is 4.90 Å². The van der Waals surface area contributed by atoms with Crippen molar-refractivity contribution in [3.8, 4) is 0 Å². The number of aromatic nitrogens is 1. The van der Waals surface area contributed by atoms with Gasteiger partial charge in [0.2, 0.25) is 0 Å². The number of piperazine rings is 1. The summed E-state index contributed by atoms with van der Waals surface area (Å²) in [5.74, 6) is 0. The fourth-order valence-corrected chi connectivity index (χ4v) is 3.79. The molecule has 1 aliphatic rings. The molecular weight excluding hydrogens is 266 g/mol. The third kappa shape index (κ3) is 3.60. The average molecular weight is 295 g/mol. The SMILES string of the molecule is CCC1(C)CN(Cc2nc(C)cs2)C(C(C)(C)C)CN1. The zero-order valence-electron chi connectivity index (χ0n) is 13.8. The summed E-state index contributed by atoms with van der Waals surface area (Å²) in [6, 6.07) is 0.561. The molecule has 3 nitrogen and oxygen atoms in total. The Kier molecular flexibility index (Phi) is 4.57. The minimum atomic E-state index is 0.230. The van der Waals surface area contributed by atoms with Gasteiger partial charge in [-0.05, 0) is 25.7 Å². The van der Waals surface area contributed by atoms with Gasteiger partial charge in [0.1, 0.15) is 5.01 Å². The van der Waals surface area contributed by atoms with Crippen molar-refractivity contribution in [2.75, 3.05) is 13.1 Å². The highest BCUT2D eigenvalue weighted by Crippen LogP contribution is 2.31. The fourth-order valence-electron chi connectivity index (χ4n) is 2.99. The van der Waals surface area contributed by atoms with Crippen LogP contribution in [0.3, 0.4) is 0 Å². The highest BCUT2D eigenvalue weighted by Gasteiger charge is 2.39. The van der Waals surface area contributed by atoms with E-state index in [1.165, 1.54) is 5.01 Å². The molecule has 2 rings (SSSR count). The molecule has 0 amide bonds. The largest absolute Gasteiger partial charge is 0.309 e. The van der Waals surface area contributed by atoms with E-state index in [0.717, 1.165) is 31.7 Å². The van der Waals surface area contributed by atoms with Crippen molar-refractivity contribution in [1.29, 1.82) is 0 Å². The number of rotatable bonds is 3. The van der Waals surface area contributed by atoms with Gasteiger partial charge >= 0.3 is 0 Å². The van der Waals surface area contributed by atoms with E-state index in [4.69, 9.17) is 0 Å². The van der Waals surface area contributed by atoms with Gasteiger partial charge in [0.25, 0.3) is 0 Å². The molecule has 1 fully saturated rings. The minimum Gasteiger partial charge on any atom is -0.309 e. The number of hydrogen-bond donors (Lipinski definition) is 1. The van der Waals surface area contributed by atoms with E-state index in [1.54, 1.807) is 11.3 Å². The van der Waals surface area contributed by atoms with Crippen LogP contribution in [0.5, 0.6) is 0 Å². The van der Waals surface area contributed by atoms with E-state index >= 15 is 0 Å². The van der Waals surface area contributed by atoms with Crippen LogP contribution >= 0.6 is 11.3 Å². The van der Waals surface area contributed by atoms with Crippen LogP contribution in [0.2, 0.25) is 0 Å². The highest BCUT2D eigenvalue weighted by atomic mass is 32.1. The van der Waals surface area contributed by atoms with Crippen LogP contribution in [-0.4, -0.2) is 34.6 Å². The molecule has 0 saturated carbocycles. The second-order valence-corrected chi connectivity index (χ2v) is 8.41. The monoisotopic (exact) mass is 295 g/mol. The fraction of sp³-hybridized carbons (Fsp3) is 0.812. The molecule has 1 aliphatic heterocycles. The summed E-state index contributed by atoms with van der Waals surface area (Å²) in [6.45, 7) is 16.9. The molecule has 2 heterocycles. The lowest BCUT2D eigenvalue weighted by Gasteiger charge is -2.50. The van der Waals surface area contributed by atoms with Crippen LogP contribution in [0, 0.1) is 12.3 Å². The van der Waals surface area contributed by atoms with Crippen molar-refractivity contribution in [3.05, 3.63) is 16.1 Å². The standard InChI is InChI=1S/C16H29N3S/c1-7-16(6)11-19(9-14-18-12(2)10-20-14)13(8-17-16)15(3,4)5/h10,13,17H,7-9,11H2,1-6H3. The Morgan fingerprint density at radius 1 is 1.50 bits per heavy atom. The second kappa shape index (κ2) is 5.74. The Morgan fingerprint density at radius 3 is 2.70 bits per heavy atom. The Labute approximate surface area is 127 Å². The van der Waals surface area contributed by atoms with Crippen LogP contribution in [-0.2, 0) is 6.54 Å². The maximum Gasteiger partial charge on any atom is 0.107 e. The van der Waals surface area contributed by atoms with Crippen LogP contribution in [0.25, 0.3) is 0 Å². The van der Waals surface area contributed by atoms with Crippen molar-refractivity contribution in [2.24, 2.45) is 5.41 Å². The van der Waals surface area contributed by atoms with Gasteiger partial charge in [-0.2, -0.15) is 0 Å². The van der Waals surface area contributed by atoms with E-state index in [0.29, 0.717) is 6.04 Å². The molecule has 0 bridgehead atoms. The summed E-state index contributed by atoms with van der Waals surface area (Å²) >= 11 is 1.79. The van der Waals surface area contributed by atoms with E-state index in [9.17, 15) is 0 Å². The first-order valence-electron chi connectivity index (χ1n) is 7.63. The molecule has 2 unspecified atom stereocenters. The summed E-state index contributed by atoms with van der Waals surface area (Å²) in [6.07, 6.45) is 1.16. The number of thiazole rings is 1. The molecule has 0 spiro atoms. The van der Waals surface area contributed by atoms with Crippen LogP contribution in [0.4, 0.5) is 0 Å². The Morgan fingerprint density at radius 2 is 2.20 bits per heavy atom. The number of nitrogens with one attached hydrogen (secondary N) is 1. The Balaban J connectivity index is 2.17. The third-order valence-electron chi connectivity index (χ3n) is 4.50. The van der Waals surface area contributed by atoms with Crippen LogP contribution < -0.4 is 5.32 Å². The van der Waals surface area contributed by atoms with Crippen molar-refractivity contribution in [1.82, 2.24) is 15.2 Å². The first-order chi connectivity index (χ1) is 9.23. The highest BCUT2D eigenvalue weighted by molar-refractivity contribution is 7.09. The zero-order valence-corrected chi connectivity index (χ0v) is 14.6. The minimum absolute atomic E-state index is 0.230. The van der Waals surface area contributed by atoms with Crippen molar-refractivity contribution in [3.63, 3.8) is 0 Å². The van der Waals surface area contributed by atoms with Crippen molar-refractivity contribution >= 4 is 11.3 Å². The molecule has 0 aromatic carbocycles. The van der Waals surface area contributed by atoms with Gasteiger partial charge in [-0.25, -0.2) is 4.98 Å². The predicted octanol–water partition coefficient (Wildman–Crippen LogP) is 3.44. The topological polar surface area (TPSA) is 28.2 Å². The lowest BCUT2D eigenvalue weighted by Crippen LogP contribution is -2.65. The van der Waals surface area contributed by atoms with Crippen LogP contribution in [0.15, 0.2) is 5.38 Å². The summed E-state index contributed by atoms with van der Waals surface area (Å²) in [4.78, 5) is 7.29. The van der Waals surface area contributed by atoms with Gasteiger partial charge in [-0.1, -0.05) is 27.7 Å². The smallest absolute Gasteiger partial charge is 0.107 e. The van der Waals surface area contributed by atoms with Gasteiger partial charge < -0.3 is 5.32 Å². The lowest BCUT2D eigenvalue weighted by atomic mass is 9.81. The molecule has 1 aromatic heterocycles. The normalized spacial score (nSPS) is 28.8. The van der Waals surface area contributed by atoms with E-state index in [2.05, 4.69) is 62.1 Å². The summed E-state index contributed by atoms with van der Waals surface area (Å²) in [5.41, 5.74) is 1.66. The average Bonchev–Trinajstić information content (AvgIpc) is 2.73. The molecule has 1 aromatic rings. The molecule has 1 N–H and O–H groups in total. The van der Waals surface area contributed by atoms with Gasteiger partial charge in [0.05, 0.1) is 6.54 Å². The molecule has 4 heteroatoms. The molecule has 114 valence electrons. The Hall–Kier alpha value is -0.450. The maximum atomic E-state index is 4.65. The number of hydrogen-bond acceptors (Lipinski definition) is 4. The molecule has 1 saturated heterocycles. The molecule has 2 atom stereocenters. The summed E-state index contributed by atoms with van der Waals surface area (Å²) < 4.78 is 0. The first kappa shape index (κ1) is 15.9. The lowest BCUT2D eigenvalue weighted by molar-refractivity contribution is 0.0204. The molecule has 20 heavy (non-hydrogen) atoms. The summed E-state index contributed by atoms with van der Waals surface area (Å²) in [5, 5.41) is 7.17. The number of aryl methyl sites for hydroxylation is 1. The van der Waals surface area contributed by atoms with E-state index < -0.39 is 0 Å². The van der Waals surface area contributed by atoms with Crippen molar-refractivity contribution in [2.45, 2.75) is 66.1 Å². The molecular formula is C16H29N3S. The van der Waals surface area contributed by atoms with Crippen LogP contribution in [0.1, 0.15) is 51.7 Å². The Bertz CT molecular complexity index is 449. The van der Waals surface area contributed by atoms with Gasteiger partial charge in [0.15, 0.2) is 0 Å². The second-order valence-electron chi connectivity index (χ2n) is 7.46. The van der Waals surface area contributed by atoms with Gasteiger partial charge in [-0.15, -0.1) is 11.3 Å². The summed E-state index contributed by atoms with van der Waals surface area (Å²) in [7, 11) is 0. The zero-order chi connectivity index (χ0) is 15.0. The van der Waals surface area contributed by atoms with E-state index in [-0.39, 0.29) is 11.0 Å². The maximum absolute atomic E-state index is 4.65. The predicted molar refractivity (Wildman–Crippen MR) is 87.2 cm³/mol. The van der Waals surface area contributed by atoms with E-state index in [1.807, 2.05) is 0 Å². The third-order valence-corrected chi connectivity index (χ3v) is 5.45. The number of nitrogens with zero attached hydrogens (tertiary/aromatic N) is 2. The van der Waals surface area contributed by atoms with Gasteiger partial charge in [0, 0.05) is 35.7 Å². The van der Waals surface area contributed by atoms with Crippen molar-refractivity contribution < 1.29 is 0 Å². The molecule has 0 aliphatic carbocycles. The first-order valence-corrected chi connectivity index (χ1v) is 8.51.